The van der Waals surface area contributed by atoms with Crippen molar-refractivity contribution in [2.75, 3.05) is 18.5 Å². The highest BCUT2D eigenvalue weighted by molar-refractivity contribution is 5.46. The highest BCUT2D eigenvalue weighted by atomic mass is 19.1. The van der Waals surface area contributed by atoms with E-state index in [0.717, 1.165) is 43.7 Å². The second-order valence-electron chi connectivity index (χ2n) is 4.22. The summed E-state index contributed by atoms with van der Waals surface area (Å²) in [7, 11) is 0. The maximum atomic E-state index is 13.5. The van der Waals surface area contributed by atoms with Gasteiger partial charge in [-0.1, -0.05) is 13.0 Å². The smallest absolute Gasteiger partial charge is 0.128 e. The zero-order valence-electron chi connectivity index (χ0n) is 9.63. The molecule has 0 spiro atoms. The van der Waals surface area contributed by atoms with E-state index in [9.17, 15) is 4.39 Å². The molecule has 0 aliphatic carbocycles. The summed E-state index contributed by atoms with van der Waals surface area (Å²) < 4.78 is 18.9. The van der Waals surface area contributed by atoms with Gasteiger partial charge < -0.3 is 10.1 Å². The average Bonchev–Trinajstić information content (AvgIpc) is 2.31. The second kappa shape index (κ2) is 5.30. The molecule has 1 N–H and O–H groups in total. The Morgan fingerprint density at radius 1 is 1.50 bits per heavy atom. The molecular weight excluding hydrogens is 205 g/mol. The second-order valence-corrected chi connectivity index (χ2v) is 4.22. The standard InChI is InChI=1S/C13H18FNO/c1-2-10-5-6-11(8-13(10)14)15-12-4-3-7-16-9-12/h5-6,8,12,15H,2-4,7,9H2,1H3. The fraction of sp³-hybridized carbons (Fsp3) is 0.538. The number of anilines is 1. The summed E-state index contributed by atoms with van der Waals surface area (Å²) in [4.78, 5) is 0. The maximum absolute atomic E-state index is 13.5. The maximum Gasteiger partial charge on any atom is 0.128 e. The number of hydrogen-bond acceptors (Lipinski definition) is 2. The van der Waals surface area contributed by atoms with E-state index in [1.165, 1.54) is 0 Å². The molecule has 0 saturated carbocycles. The van der Waals surface area contributed by atoms with Gasteiger partial charge in [0.1, 0.15) is 5.82 Å². The van der Waals surface area contributed by atoms with Crippen LogP contribution in [0.2, 0.25) is 0 Å². The highest BCUT2D eigenvalue weighted by Gasteiger charge is 2.13. The lowest BCUT2D eigenvalue weighted by atomic mass is 10.1. The van der Waals surface area contributed by atoms with Gasteiger partial charge in [-0.2, -0.15) is 0 Å². The Balaban J connectivity index is 2.01. The molecule has 1 heterocycles. The Hall–Kier alpha value is -1.09. The van der Waals surface area contributed by atoms with Crippen molar-refractivity contribution in [3.8, 4) is 0 Å². The minimum absolute atomic E-state index is 0.121. The van der Waals surface area contributed by atoms with Crippen LogP contribution in [0.5, 0.6) is 0 Å². The number of hydrogen-bond donors (Lipinski definition) is 1. The van der Waals surface area contributed by atoms with Crippen molar-refractivity contribution in [3.63, 3.8) is 0 Å². The average molecular weight is 223 g/mol. The highest BCUT2D eigenvalue weighted by Crippen LogP contribution is 2.18. The molecule has 1 aliphatic heterocycles. The van der Waals surface area contributed by atoms with E-state index in [1.807, 2.05) is 19.1 Å². The van der Waals surface area contributed by atoms with Crippen LogP contribution in [-0.4, -0.2) is 19.3 Å². The molecule has 88 valence electrons. The Labute approximate surface area is 95.8 Å². The number of halogens is 1. The van der Waals surface area contributed by atoms with E-state index >= 15 is 0 Å². The predicted octanol–water partition coefficient (Wildman–Crippen LogP) is 2.98. The summed E-state index contributed by atoms with van der Waals surface area (Å²) in [6.45, 7) is 3.53. The molecule has 1 unspecified atom stereocenters. The molecule has 3 heteroatoms. The summed E-state index contributed by atoms with van der Waals surface area (Å²) in [5.74, 6) is -0.121. The van der Waals surface area contributed by atoms with E-state index in [1.54, 1.807) is 6.07 Å². The molecule has 2 nitrogen and oxygen atoms in total. The van der Waals surface area contributed by atoms with Crippen molar-refractivity contribution >= 4 is 5.69 Å². The Morgan fingerprint density at radius 3 is 3.00 bits per heavy atom. The van der Waals surface area contributed by atoms with Crippen LogP contribution in [0.1, 0.15) is 25.3 Å². The first-order chi connectivity index (χ1) is 7.79. The topological polar surface area (TPSA) is 21.3 Å². The number of ether oxygens (including phenoxy) is 1. The van der Waals surface area contributed by atoms with Gasteiger partial charge in [-0.05, 0) is 37.0 Å². The SMILES string of the molecule is CCc1ccc(NC2CCCOC2)cc1F. The predicted molar refractivity (Wildman–Crippen MR) is 63.2 cm³/mol. The van der Waals surface area contributed by atoms with Gasteiger partial charge in [-0.15, -0.1) is 0 Å². The first-order valence-corrected chi connectivity index (χ1v) is 5.92. The van der Waals surface area contributed by atoms with Gasteiger partial charge >= 0.3 is 0 Å². The Kier molecular flexibility index (Phi) is 3.78. The van der Waals surface area contributed by atoms with E-state index in [-0.39, 0.29) is 5.82 Å². The summed E-state index contributed by atoms with van der Waals surface area (Å²) in [5.41, 5.74) is 1.62. The first kappa shape index (κ1) is 11.4. The zero-order chi connectivity index (χ0) is 11.4. The molecule has 1 aliphatic rings. The summed E-state index contributed by atoms with van der Waals surface area (Å²) >= 11 is 0. The van der Waals surface area contributed by atoms with Crippen LogP contribution in [-0.2, 0) is 11.2 Å². The molecule has 0 radical (unpaired) electrons. The van der Waals surface area contributed by atoms with Crippen LogP contribution in [0.25, 0.3) is 0 Å². The van der Waals surface area contributed by atoms with Gasteiger partial charge in [0, 0.05) is 18.3 Å². The van der Waals surface area contributed by atoms with E-state index in [0.29, 0.717) is 6.04 Å². The van der Waals surface area contributed by atoms with Gasteiger partial charge in [0.15, 0.2) is 0 Å². The lowest BCUT2D eigenvalue weighted by molar-refractivity contribution is 0.0876. The Bertz CT molecular complexity index is 348. The molecule has 0 bridgehead atoms. The third-order valence-electron chi connectivity index (χ3n) is 2.97. The normalized spacial score (nSPS) is 20.8. The molecule has 16 heavy (non-hydrogen) atoms. The van der Waals surface area contributed by atoms with Gasteiger partial charge in [0.05, 0.1) is 6.61 Å². The van der Waals surface area contributed by atoms with E-state index in [4.69, 9.17) is 4.74 Å². The minimum Gasteiger partial charge on any atom is -0.380 e. The van der Waals surface area contributed by atoms with Gasteiger partial charge in [0.2, 0.25) is 0 Å². The number of aryl methyl sites for hydroxylation is 1. The fourth-order valence-electron chi connectivity index (χ4n) is 2.01. The molecule has 2 rings (SSSR count). The van der Waals surface area contributed by atoms with E-state index in [2.05, 4.69) is 5.32 Å². The van der Waals surface area contributed by atoms with Crippen molar-refractivity contribution < 1.29 is 9.13 Å². The first-order valence-electron chi connectivity index (χ1n) is 5.92. The van der Waals surface area contributed by atoms with Gasteiger partial charge in [-0.25, -0.2) is 4.39 Å². The van der Waals surface area contributed by atoms with Gasteiger partial charge in [0.25, 0.3) is 0 Å². The number of benzene rings is 1. The molecule has 1 fully saturated rings. The van der Waals surface area contributed by atoms with Crippen LogP contribution in [0.3, 0.4) is 0 Å². The monoisotopic (exact) mass is 223 g/mol. The third kappa shape index (κ3) is 2.73. The molecule has 1 atom stereocenters. The lowest BCUT2D eigenvalue weighted by Crippen LogP contribution is -2.29. The molecule has 1 saturated heterocycles. The van der Waals surface area contributed by atoms with Crippen LogP contribution >= 0.6 is 0 Å². The largest absolute Gasteiger partial charge is 0.380 e. The van der Waals surface area contributed by atoms with Crippen LogP contribution < -0.4 is 5.32 Å². The van der Waals surface area contributed by atoms with E-state index < -0.39 is 0 Å². The van der Waals surface area contributed by atoms with Crippen molar-refractivity contribution in [3.05, 3.63) is 29.6 Å². The van der Waals surface area contributed by atoms with Crippen molar-refractivity contribution in [1.82, 2.24) is 0 Å². The summed E-state index contributed by atoms with van der Waals surface area (Å²) in [6.07, 6.45) is 2.91. The number of nitrogens with one attached hydrogen (secondary N) is 1. The zero-order valence-corrected chi connectivity index (χ0v) is 9.63. The fourth-order valence-corrected chi connectivity index (χ4v) is 2.01. The minimum atomic E-state index is -0.121. The lowest BCUT2D eigenvalue weighted by Gasteiger charge is -2.24. The van der Waals surface area contributed by atoms with Crippen molar-refractivity contribution in [2.45, 2.75) is 32.2 Å². The van der Waals surface area contributed by atoms with Crippen LogP contribution in [0, 0.1) is 5.82 Å². The van der Waals surface area contributed by atoms with Crippen molar-refractivity contribution in [1.29, 1.82) is 0 Å². The molecule has 1 aromatic carbocycles. The van der Waals surface area contributed by atoms with Crippen LogP contribution in [0.4, 0.5) is 10.1 Å². The summed E-state index contributed by atoms with van der Waals surface area (Å²) in [5, 5.41) is 3.31. The molecular formula is C13H18FNO. The molecule has 1 aromatic rings. The molecule has 0 amide bonds. The van der Waals surface area contributed by atoms with Crippen molar-refractivity contribution in [2.24, 2.45) is 0 Å². The third-order valence-corrected chi connectivity index (χ3v) is 2.97. The quantitative estimate of drug-likeness (QED) is 0.850. The number of rotatable bonds is 3. The van der Waals surface area contributed by atoms with Crippen LogP contribution in [0.15, 0.2) is 18.2 Å². The Morgan fingerprint density at radius 2 is 2.38 bits per heavy atom. The summed E-state index contributed by atoms with van der Waals surface area (Å²) in [6, 6.07) is 5.69. The molecule has 0 aromatic heterocycles. The van der Waals surface area contributed by atoms with Gasteiger partial charge in [-0.3, -0.25) is 0 Å².